The Morgan fingerprint density at radius 2 is 1.85 bits per heavy atom. The van der Waals surface area contributed by atoms with Crippen LogP contribution in [0.5, 0.6) is 0 Å². The van der Waals surface area contributed by atoms with Gasteiger partial charge in [-0.2, -0.15) is 0 Å². The SMILES string of the molecule is CC(N)=O.O.O=P(O)(O)OCCO. The van der Waals surface area contributed by atoms with Gasteiger partial charge in [0.05, 0.1) is 13.2 Å². The third-order valence-electron chi connectivity index (χ3n) is 0.351. The maximum absolute atomic E-state index is 9.75. The van der Waals surface area contributed by atoms with E-state index in [4.69, 9.17) is 14.9 Å². The molecule has 0 bridgehead atoms. The second-order valence-corrected chi connectivity index (χ2v) is 2.90. The molecule has 0 saturated heterocycles. The van der Waals surface area contributed by atoms with Crippen LogP contribution in [0.1, 0.15) is 6.92 Å². The van der Waals surface area contributed by atoms with E-state index in [1.165, 1.54) is 6.92 Å². The van der Waals surface area contributed by atoms with Crippen LogP contribution in [0.25, 0.3) is 0 Å². The molecular weight excluding hydrogens is 205 g/mol. The molecule has 7 N–H and O–H groups in total. The molecule has 82 valence electrons. The molecule has 0 radical (unpaired) electrons. The van der Waals surface area contributed by atoms with Crippen LogP contribution in [-0.2, 0) is 13.9 Å². The van der Waals surface area contributed by atoms with Gasteiger partial charge in [-0.1, -0.05) is 0 Å². The second-order valence-electron chi connectivity index (χ2n) is 1.66. The first kappa shape index (κ1) is 18.3. The Balaban J connectivity index is -0.000000173. The van der Waals surface area contributed by atoms with Gasteiger partial charge in [0.1, 0.15) is 0 Å². The van der Waals surface area contributed by atoms with Crippen LogP contribution in [0.15, 0.2) is 0 Å². The van der Waals surface area contributed by atoms with Gasteiger partial charge in [-0.15, -0.1) is 0 Å². The summed E-state index contributed by atoms with van der Waals surface area (Å²) in [6, 6.07) is 0. The molecule has 0 aliphatic rings. The number of phosphoric ester groups is 1. The summed E-state index contributed by atoms with van der Waals surface area (Å²) in [5.41, 5.74) is 4.47. The van der Waals surface area contributed by atoms with Crippen LogP contribution >= 0.6 is 7.82 Å². The van der Waals surface area contributed by atoms with Crippen LogP contribution in [0.3, 0.4) is 0 Å². The molecule has 8 nitrogen and oxygen atoms in total. The molecule has 0 aromatic rings. The van der Waals surface area contributed by atoms with Gasteiger partial charge in [0.2, 0.25) is 5.91 Å². The lowest BCUT2D eigenvalue weighted by Gasteiger charge is -2.00. The minimum absolute atomic E-state index is 0. The van der Waals surface area contributed by atoms with Crippen LogP contribution in [-0.4, -0.2) is 39.5 Å². The highest BCUT2D eigenvalue weighted by atomic mass is 31.2. The molecule has 0 atom stereocenters. The van der Waals surface area contributed by atoms with Crippen molar-refractivity contribution in [1.82, 2.24) is 0 Å². The summed E-state index contributed by atoms with van der Waals surface area (Å²) in [6.07, 6.45) is 0. The molecule has 0 aliphatic carbocycles. The summed E-state index contributed by atoms with van der Waals surface area (Å²) >= 11 is 0. The van der Waals surface area contributed by atoms with E-state index < -0.39 is 7.82 Å². The third-order valence-corrected chi connectivity index (χ3v) is 0.870. The number of hydrogen-bond acceptors (Lipinski definition) is 4. The highest BCUT2D eigenvalue weighted by molar-refractivity contribution is 7.46. The van der Waals surface area contributed by atoms with Crippen molar-refractivity contribution in [3.63, 3.8) is 0 Å². The van der Waals surface area contributed by atoms with E-state index in [1.807, 2.05) is 0 Å². The number of nitrogens with two attached hydrogens (primary N) is 1. The lowest BCUT2D eigenvalue weighted by molar-refractivity contribution is -0.115. The van der Waals surface area contributed by atoms with Gasteiger partial charge in [0, 0.05) is 6.92 Å². The van der Waals surface area contributed by atoms with Gasteiger partial charge < -0.3 is 26.1 Å². The fraction of sp³-hybridized carbons (Fsp3) is 0.750. The molecular formula is C4H14NO7P. The van der Waals surface area contributed by atoms with Gasteiger partial charge in [0.25, 0.3) is 0 Å². The molecule has 13 heavy (non-hydrogen) atoms. The summed E-state index contributed by atoms with van der Waals surface area (Å²) in [6.45, 7) is 0.593. The molecule has 0 unspecified atom stereocenters. The lowest BCUT2D eigenvalue weighted by Crippen LogP contribution is -2.01. The molecule has 0 rings (SSSR count). The van der Waals surface area contributed by atoms with Crippen LogP contribution in [0.2, 0.25) is 0 Å². The zero-order valence-electron chi connectivity index (χ0n) is 7.01. The van der Waals surface area contributed by atoms with E-state index in [2.05, 4.69) is 10.3 Å². The summed E-state index contributed by atoms with van der Waals surface area (Å²) in [5, 5.41) is 7.96. The van der Waals surface area contributed by atoms with Crippen molar-refractivity contribution >= 4 is 13.7 Å². The quantitative estimate of drug-likeness (QED) is 0.392. The zero-order valence-corrected chi connectivity index (χ0v) is 7.90. The fourth-order valence-electron chi connectivity index (χ4n) is 0.160. The predicted molar refractivity (Wildman–Crippen MR) is 43.6 cm³/mol. The average molecular weight is 219 g/mol. The maximum Gasteiger partial charge on any atom is 0.469 e. The number of rotatable bonds is 3. The first-order valence-electron chi connectivity index (χ1n) is 2.86. The Morgan fingerprint density at radius 1 is 1.54 bits per heavy atom. The van der Waals surface area contributed by atoms with E-state index >= 15 is 0 Å². The van der Waals surface area contributed by atoms with Crippen molar-refractivity contribution in [2.75, 3.05) is 13.2 Å². The summed E-state index contributed by atoms with van der Waals surface area (Å²) < 4.78 is 13.5. The number of phosphoric acid groups is 1. The highest BCUT2D eigenvalue weighted by Gasteiger charge is 2.11. The number of primary amides is 1. The van der Waals surface area contributed by atoms with Crippen LogP contribution in [0.4, 0.5) is 0 Å². The zero-order chi connectivity index (χ0) is 10.2. The molecule has 0 aromatic carbocycles. The van der Waals surface area contributed by atoms with Crippen molar-refractivity contribution < 1.29 is 34.3 Å². The monoisotopic (exact) mass is 219 g/mol. The van der Waals surface area contributed by atoms with Crippen LogP contribution < -0.4 is 5.73 Å². The fourth-order valence-corrected chi connectivity index (χ4v) is 0.479. The molecule has 0 aliphatic heterocycles. The Morgan fingerprint density at radius 3 is 1.92 bits per heavy atom. The summed E-state index contributed by atoms with van der Waals surface area (Å²) in [4.78, 5) is 25.1. The van der Waals surface area contributed by atoms with Gasteiger partial charge >= 0.3 is 7.82 Å². The van der Waals surface area contributed by atoms with E-state index in [1.54, 1.807) is 0 Å². The van der Waals surface area contributed by atoms with E-state index in [0.29, 0.717) is 0 Å². The molecule has 0 fully saturated rings. The predicted octanol–water partition coefficient (Wildman–Crippen LogP) is -2.25. The van der Waals surface area contributed by atoms with Crippen molar-refractivity contribution in [3.8, 4) is 0 Å². The topological polar surface area (TPSA) is 162 Å². The first-order valence-corrected chi connectivity index (χ1v) is 4.39. The summed E-state index contributed by atoms with van der Waals surface area (Å²) in [7, 11) is -4.34. The van der Waals surface area contributed by atoms with Crippen molar-refractivity contribution in [2.24, 2.45) is 5.73 Å². The maximum atomic E-state index is 9.75. The number of carbonyl (C=O) groups excluding carboxylic acids is 1. The Hall–Kier alpha value is -0.500. The molecule has 9 heteroatoms. The molecule has 1 amide bonds. The van der Waals surface area contributed by atoms with Gasteiger partial charge in [0.15, 0.2) is 0 Å². The van der Waals surface area contributed by atoms with Crippen molar-refractivity contribution in [2.45, 2.75) is 6.92 Å². The highest BCUT2D eigenvalue weighted by Crippen LogP contribution is 2.34. The molecule has 0 saturated carbocycles. The van der Waals surface area contributed by atoms with Crippen LogP contribution in [0, 0.1) is 0 Å². The third kappa shape index (κ3) is 51.3. The average Bonchev–Trinajstić information content (AvgIpc) is 1.80. The first-order chi connectivity index (χ1) is 5.29. The molecule has 0 aromatic heterocycles. The van der Waals surface area contributed by atoms with Crippen molar-refractivity contribution in [3.05, 3.63) is 0 Å². The molecule has 0 spiro atoms. The van der Waals surface area contributed by atoms with Gasteiger partial charge in [-0.05, 0) is 0 Å². The summed E-state index contributed by atoms with van der Waals surface area (Å²) in [5.74, 6) is -0.333. The number of hydrogen-bond donors (Lipinski definition) is 4. The van der Waals surface area contributed by atoms with E-state index in [-0.39, 0.29) is 24.6 Å². The van der Waals surface area contributed by atoms with Crippen molar-refractivity contribution in [1.29, 1.82) is 0 Å². The van der Waals surface area contributed by atoms with E-state index in [0.717, 1.165) is 0 Å². The van der Waals surface area contributed by atoms with Gasteiger partial charge in [-0.3, -0.25) is 9.32 Å². The Bertz CT molecular complexity index is 162. The standard InChI is InChI=1S/C2H5NO.C2H7O5P.H2O/c1-2(3)4;3-1-2-7-8(4,5)6;/h1H3,(H2,3,4);3H,1-2H2,(H2,4,5,6);1H2. The van der Waals surface area contributed by atoms with Gasteiger partial charge in [-0.25, -0.2) is 4.57 Å². The second kappa shape index (κ2) is 9.59. The number of carbonyl (C=O) groups is 1. The normalized spacial score (nSPS) is 9.23. The molecule has 0 heterocycles. The number of aliphatic hydroxyl groups is 1. The Kier molecular flexibility index (Phi) is 13.5. The minimum atomic E-state index is -4.34. The largest absolute Gasteiger partial charge is 0.469 e. The smallest absolute Gasteiger partial charge is 0.412 e. The number of amides is 1. The van der Waals surface area contributed by atoms with E-state index in [9.17, 15) is 9.36 Å². The Labute approximate surface area is 74.9 Å². The number of aliphatic hydroxyl groups excluding tert-OH is 1. The minimum Gasteiger partial charge on any atom is -0.412 e. The lowest BCUT2D eigenvalue weighted by atomic mass is 10.8.